The number of carbonyl (C=O) groups is 1. The molecule has 6 nitrogen and oxygen atoms in total. The Balaban J connectivity index is 2.06. The van der Waals surface area contributed by atoms with Crippen LogP contribution >= 0.6 is 0 Å². The van der Waals surface area contributed by atoms with Crippen LogP contribution in [0.15, 0.2) is 47.4 Å². The largest absolute Gasteiger partial charge is 0.435 e. The highest BCUT2D eigenvalue weighted by molar-refractivity contribution is 7.91. The Morgan fingerprint density at radius 3 is 2.20 bits per heavy atom. The molecule has 8 heteroatoms. The molecular formula is C27H42O6SSi. The highest BCUT2D eigenvalue weighted by atomic mass is 32.2. The molecule has 35 heavy (non-hydrogen) atoms. The molecule has 0 aromatic heterocycles. The van der Waals surface area contributed by atoms with E-state index in [-0.39, 0.29) is 15.7 Å². The average molecular weight is 523 g/mol. The molecular weight excluding hydrogens is 480 g/mol. The second-order valence-corrected chi connectivity index (χ2v) is 19.6. The molecule has 1 aliphatic heterocycles. The van der Waals surface area contributed by atoms with Gasteiger partial charge in [-0.05, 0) is 42.8 Å². The smallest absolute Gasteiger partial charge is 0.317 e. The fourth-order valence-electron chi connectivity index (χ4n) is 4.56. The molecule has 1 aromatic carbocycles. The van der Waals surface area contributed by atoms with Crippen molar-refractivity contribution in [1.29, 1.82) is 0 Å². The third kappa shape index (κ3) is 5.31. The number of benzene rings is 1. The second-order valence-electron chi connectivity index (χ2n) is 12.8. The van der Waals surface area contributed by atoms with Gasteiger partial charge >= 0.3 is 5.97 Å². The van der Waals surface area contributed by atoms with E-state index in [1.54, 1.807) is 37.3 Å². The predicted octanol–water partition coefficient (Wildman–Crippen LogP) is 5.75. The minimum atomic E-state index is -3.71. The van der Waals surface area contributed by atoms with E-state index in [1.165, 1.54) is 0 Å². The summed E-state index contributed by atoms with van der Waals surface area (Å²) in [5, 5.41) is -0.0417. The molecule has 2 fully saturated rings. The zero-order chi connectivity index (χ0) is 26.6. The maximum Gasteiger partial charge on any atom is 0.317 e. The average Bonchev–Trinajstić information content (AvgIpc) is 2.72. The Labute approximate surface area is 212 Å². The summed E-state index contributed by atoms with van der Waals surface area (Å²) in [7, 11) is -5.93. The lowest BCUT2D eigenvalue weighted by Crippen LogP contribution is -2.63. The third-order valence-electron chi connectivity index (χ3n) is 8.06. The Morgan fingerprint density at radius 1 is 1.11 bits per heavy atom. The van der Waals surface area contributed by atoms with Gasteiger partial charge in [0.1, 0.15) is 0 Å². The van der Waals surface area contributed by atoms with Gasteiger partial charge in [-0.2, -0.15) is 0 Å². The summed E-state index contributed by atoms with van der Waals surface area (Å²) in [5.74, 6) is -1.41. The van der Waals surface area contributed by atoms with E-state index < -0.39 is 59.4 Å². The SMILES string of the molecule is C=C1[C@H](O[Si](C)(C)C(C)(C)C)C[C@@H]2O[C@H](C(C)(C)C)OC(=O)[C@@]2(C)[C@H]1CS(=O)(=O)c1ccccc1. The number of carbonyl (C=O) groups excluding carboxylic acids is 1. The highest BCUT2D eigenvalue weighted by Gasteiger charge is 2.61. The molecule has 1 saturated heterocycles. The minimum absolute atomic E-state index is 0.0417. The van der Waals surface area contributed by atoms with Crippen LogP contribution in [-0.4, -0.2) is 47.0 Å². The number of esters is 1. The fourth-order valence-corrected chi connectivity index (χ4v) is 7.63. The maximum atomic E-state index is 13.6. The molecule has 0 bridgehead atoms. The highest BCUT2D eigenvalue weighted by Crippen LogP contribution is 2.53. The Bertz CT molecular complexity index is 1070. The lowest BCUT2D eigenvalue weighted by atomic mass is 9.63. The first-order chi connectivity index (χ1) is 15.8. The third-order valence-corrected chi connectivity index (χ3v) is 14.3. The molecule has 1 saturated carbocycles. The zero-order valence-electron chi connectivity index (χ0n) is 22.7. The maximum absolute atomic E-state index is 13.6. The van der Waals surface area contributed by atoms with Gasteiger partial charge in [-0.3, -0.25) is 4.79 Å². The van der Waals surface area contributed by atoms with Gasteiger partial charge in [0.15, 0.2) is 18.2 Å². The molecule has 1 aromatic rings. The number of rotatable bonds is 5. The molecule has 0 radical (unpaired) electrons. The first-order valence-electron chi connectivity index (χ1n) is 12.3. The number of fused-ring (bicyclic) bond motifs is 1. The Hall–Kier alpha value is -1.48. The quantitative estimate of drug-likeness (QED) is 0.278. The fraction of sp³-hybridized carbons (Fsp3) is 0.667. The van der Waals surface area contributed by atoms with Crippen molar-refractivity contribution in [3.05, 3.63) is 42.5 Å². The van der Waals surface area contributed by atoms with Crippen molar-refractivity contribution >= 4 is 24.1 Å². The van der Waals surface area contributed by atoms with E-state index in [2.05, 4.69) is 40.4 Å². The standard InChI is InChI=1S/C27H42O6SSi/c1-18-20(17-34(29,30)19-14-12-11-13-15-19)27(8)22(31-24(25(2,3)4)32-23(27)28)16-21(18)33-35(9,10)26(5,6)7/h11-15,20-22,24H,1,16-17H2,2-10H3/t20-,21+,22-,24-,27-/m0/s1. The van der Waals surface area contributed by atoms with Crippen LogP contribution in [0.4, 0.5) is 0 Å². The van der Waals surface area contributed by atoms with Crippen LogP contribution < -0.4 is 0 Å². The summed E-state index contributed by atoms with van der Waals surface area (Å²) < 4.78 is 45.9. The van der Waals surface area contributed by atoms with Crippen molar-refractivity contribution in [1.82, 2.24) is 0 Å². The first-order valence-corrected chi connectivity index (χ1v) is 16.9. The van der Waals surface area contributed by atoms with Crippen molar-refractivity contribution in [2.24, 2.45) is 16.7 Å². The Kier molecular flexibility index (Phi) is 7.32. The minimum Gasteiger partial charge on any atom is -0.435 e. The lowest BCUT2D eigenvalue weighted by molar-refractivity contribution is -0.285. The summed E-state index contributed by atoms with van der Waals surface area (Å²) in [6.07, 6.45) is -1.24. The van der Waals surface area contributed by atoms with Gasteiger partial charge in [0.25, 0.3) is 0 Å². The molecule has 1 aliphatic carbocycles. The van der Waals surface area contributed by atoms with Crippen molar-refractivity contribution in [3.8, 4) is 0 Å². The van der Waals surface area contributed by atoms with E-state index in [0.717, 1.165) is 0 Å². The summed E-state index contributed by atoms with van der Waals surface area (Å²) in [6.45, 7) is 22.8. The summed E-state index contributed by atoms with van der Waals surface area (Å²) in [4.78, 5) is 13.8. The van der Waals surface area contributed by atoms with Gasteiger partial charge in [0, 0.05) is 17.8 Å². The van der Waals surface area contributed by atoms with E-state index in [0.29, 0.717) is 12.0 Å². The van der Waals surface area contributed by atoms with Crippen LogP contribution in [0.3, 0.4) is 0 Å². The molecule has 0 unspecified atom stereocenters. The zero-order valence-corrected chi connectivity index (χ0v) is 24.5. The first kappa shape index (κ1) is 28.1. The predicted molar refractivity (Wildman–Crippen MR) is 140 cm³/mol. The van der Waals surface area contributed by atoms with Crippen LogP contribution in [0.5, 0.6) is 0 Å². The van der Waals surface area contributed by atoms with E-state index in [4.69, 9.17) is 13.9 Å². The number of sulfone groups is 1. The monoisotopic (exact) mass is 522 g/mol. The summed E-state index contributed by atoms with van der Waals surface area (Å²) in [6, 6.07) is 8.33. The molecule has 3 rings (SSSR count). The van der Waals surface area contributed by atoms with Crippen molar-refractivity contribution in [3.63, 3.8) is 0 Å². The summed E-state index contributed by atoms with van der Waals surface area (Å²) >= 11 is 0. The van der Waals surface area contributed by atoms with Crippen LogP contribution in [0.1, 0.15) is 54.9 Å². The summed E-state index contributed by atoms with van der Waals surface area (Å²) in [5.41, 5.74) is -0.983. The molecule has 1 heterocycles. The van der Waals surface area contributed by atoms with Crippen molar-refractivity contribution in [2.75, 3.05) is 5.75 Å². The van der Waals surface area contributed by atoms with E-state index >= 15 is 0 Å². The van der Waals surface area contributed by atoms with Crippen LogP contribution in [0.2, 0.25) is 18.1 Å². The lowest BCUT2D eigenvalue weighted by Gasteiger charge is -2.55. The van der Waals surface area contributed by atoms with Crippen molar-refractivity contribution < 1.29 is 27.1 Å². The molecule has 196 valence electrons. The van der Waals surface area contributed by atoms with Gasteiger partial charge < -0.3 is 13.9 Å². The molecule has 5 atom stereocenters. The second kappa shape index (κ2) is 9.12. The number of cyclic esters (lactones) is 1. The van der Waals surface area contributed by atoms with E-state index in [9.17, 15) is 13.2 Å². The molecule has 0 N–H and O–H groups in total. The van der Waals surface area contributed by atoms with Crippen LogP contribution in [0.25, 0.3) is 0 Å². The molecule has 0 amide bonds. The van der Waals surface area contributed by atoms with Gasteiger partial charge in [-0.1, -0.05) is 66.3 Å². The van der Waals surface area contributed by atoms with Gasteiger partial charge in [0.05, 0.1) is 28.3 Å². The normalized spacial score (nSPS) is 30.5. The van der Waals surface area contributed by atoms with Crippen LogP contribution in [-0.2, 0) is 28.5 Å². The molecule has 0 spiro atoms. The van der Waals surface area contributed by atoms with Gasteiger partial charge in [-0.25, -0.2) is 8.42 Å². The van der Waals surface area contributed by atoms with E-state index in [1.807, 2.05) is 20.8 Å². The number of ether oxygens (including phenoxy) is 2. The number of hydrogen-bond acceptors (Lipinski definition) is 6. The molecule has 2 aliphatic rings. The van der Waals surface area contributed by atoms with Gasteiger partial charge in [0.2, 0.25) is 6.29 Å². The topological polar surface area (TPSA) is 78.9 Å². The Morgan fingerprint density at radius 2 is 1.69 bits per heavy atom. The van der Waals surface area contributed by atoms with Crippen LogP contribution in [0, 0.1) is 16.7 Å². The number of hydrogen-bond donors (Lipinski definition) is 0. The van der Waals surface area contributed by atoms with Gasteiger partial charge in [-0.15, -0.1) is 0 Å². The van der Waals surface area contributed by atoms with Crippen molar-refractivity contribution in [2.45, 2.75) is 96.4 Å².